The highest BCUT2D eigenvalue weighted by Gasteiger charge is 2.37. The van der Waals surface area contributed by atoms with Gasteiger partial charge in [0.15, 0.2) is 0 Å². The smallest absolute Gasteiger partial charge is 0.276 e. The first-order chi connectivity index (χ1) is 20.5. The highest BCUT2D eigenvalue weighted by atomic mass is 16.3. The van der Waals surface area contributed by atoms with E-state index in [0.29, 0.717) is 41.3 Å². The maximum atomic E-state index is 13.8. The topological polar surface area (TPSA) is 134 Å². The van der Waals surface area contributed by atoms with Crippen molar-refractivity contribution in [3.8, 4) is 11.1 Å². The van der Waals surface area contributed by atoms with Gasteiger partial charge in [0.05, 0.1) is 6.61 Å². The van der Waals surface area contributed by atoms with Crippen LogP contribution in [-0.4, -0.2) is 68.6 Å². The highest BCUT2D eigenvalue weighted by Crippen LogP contribution is 2.40. The number of likely N-dealkylation sites (N-methyl/N-ethyl adjacent to an activating group) is 1. The van der Waals surface area contributed by atoms with Crippen molar-refractivity contribution in [1.82, 2.24) is 24.3 Å². The van der Waals surface area contributed by atoms with Crippen molar-refractivity contribution in [2.24, 2.45) is 23.2 Å². The zero-order valence-corrected chi connectivity index (χ0v) is 25.5. The number of nitrogens with zero attached hydrogens (tertiary/aromatic N) is 6. The van der Waals surface area contributed by atoms with E-state index in [4.69, 9.17) is 5.73 Å². The summed E-state index contributed by atoms with van der Waals surface area (Å²) in [6, 6.07) is 5.63. The van der Waals surface area contributed by atoms with Crippen molar-refractivity contribution in [3.05, 3.63) is 75.2 Å². The summed E-state index contributed by atoms with van der Waals surface area (Å²) < 4.78 is 3.61. The van der Waals surface area contributed by atoms with Crippen LogP contribution in [0.1, 0.15) is 48.1 Å². The molecule has 11 heteroatoms. The molecule has 5 heterocycles. The van der Waals surface area contributed by atoms with E-state index >= 15 is 0 Å². The average Bonchev–Trinajstić information content (AvgIpc) is 3.45. The number of amidine groups is 1. The van der Waals surface area contributed by atoms with E-state index in [1.807, 2.05) is 6.07 Å². The molecule has 11 nitrogen and oxygen atoms in total. The molecule has 2 aliphatic heterocycles. The van der Waals surface area contributed by atoms with Gasteiger partial charge in [0.2, 0.25) is 0 Å². The van der Waals surface area contributed by atoms with Crippen molar-refractivity contribution in [1.29, 1.82) is 0 Å². The lowest BCUT2D eigenvalue weighted by molar-refractivity contribution is 0.0962. The first-order valence-corrected chi connectivity index (χ1v) is 14.8. The van der Waals surface area contributed by atoms with Crippen molar-refractivity contribution in [2.45, 2.75) is 52.8 Å². The number of aromatic nitrogens is 3. The number of piperazine rings is 1. The average molecular weight is 585 g/mol. The Morgan fingerprint density at radius 3 is 2.77 bits per heavy atom. The van der Waals surface area contributed by atoms with Gasteiger partial charge < -0.3 is 25.3 Å². The summed E-state index contributed by atoms with van der Waals surface area (Å²) in [5, 5.41) is 13.9. The summed E-state index contributed by atoms with van der Waals surface area (Å²) in [5.74, 6) is 0.511. The van der Waals surface area contributed by atoms with Gasteiger partial charge in [0.1, 0.15) is 23.0 Å². The summed E-state index contributed by atoms with van der Waals surface area (Å²) >= 11 is 0. The Kier molecular flexibility index (Phi) is 7.26. The van der Waals surface area contributed by atoms with Gasteiger partial charge in [-0.1, -0.05) is 13.8 Å². The van der Waals surface area contributed by atoms with Crippen LogP contribution >= 0.6 is 0 Å². The third-order valence-electron chi connectivity index (χ3n) is 9.00. The zero-order chi connectivity index (χ0) is 30.6. The quantitative estimate of drug-likeness (QED) is 0.310. The third kappa shape index (κ3) is 5.16. The lowest BCUT2D eigenvalue weighted by Crippen LogP contribution is -2.46. The highest BCUT2D eigenvalue weighted by molar-refractivity contribution is 6.06. The van der Waals surface area contributed by atoms with Crippen molar-refractivity contribution in [2.75, 3.05) is 31.6 Å². The minimum Gasteiger partial charge on any atom is -0.392 e. The van der Waals surface area contributed by atoms with Gasteiger partial charge in [-0.25, -0.2) is 9.98 Å². The number of hydrogen-bond donors (Lipinski definition) is 3. The Morgan fingerprint density at radius 2 is 2.00 bits per heavy atom. The number of carbonyl (C=O) groups excluding carboxylic acids is 1. The van der Waals surface area contributed by atoms with Crippen molar-refractivity contribution < 1.29 is 9.90 Å². The molecule has 1 atom stereocenters. The van der Waals surface area contributed by atoms with Crippen LogP contribution in [0.2, 0.25) is 0 Å². The number of pyridine rings is 2. The zero-order valence-electron chi connectivity index (χ0n) is 25.5. The number of nitrogens with one attached hydrogen (secondary N) is 1. The van der Waals surface area contributed by atoms with Gasteiger partial charge in [-0.2, -0.15) is 0 Å². The molecule has 3 aliphatic rings. The van der Waals surface area contributed by atoms with E-state index < -0.39 is 0 Å². The number of anilines is 1. The van der Waals surface area contributed by atoms with Crippen LogP contribution in [0.25, 0.3) is 11.1 Å². The second kappa shape index (κ2) is 10.8. The minimum atomic E-state index is -0.333. The Labute approximate surface area is 251 Å². The molecule has 0 radical (unpaired) electrons. The molecule has 4 N–H and O–H groups in total. The number of amides is 1. The predicted molar refractivity (Wildman–Crippen MR) is 168 cm³/mol. The summed E-state index contributed by atoms with van der Waals surface area (Å²) in [6.45, 7) is 9.11. The van der Waals surface area contributed by atoms with Gasteiger partial charge in [-0.15, -0.1) is 0 Å². The van der Waals surface area contributed by atoms with Gasteiger partial charge in [0, 0.05) is 80.3 Å². The Balaban J connectivity index is 1.35. The largest absolute Gasteiger partial charge is 0.392 e. The molecule has 0 aromatic carbocycles. The lowest BCUT2D eigenvalue weighted by Gasteiger charge is -2.33. The number of fused-ring (bicyclic) bond motifs is 3. The van der Waals surface area contributed by atoms with Gasteiger partial charge in [-0.3, -0.25) is 19.4 Å². The molecular formula is C32H40N8O3. The lowest BCUT2D eigenvalue weighted by atomic mass is 9.90. The fourth-order valence-electron chi connectivity index (χ4n) is 6.63. The third-order valence-corrected chi connectivity index (χ3v) is 9.00. The SMILES string of the molecule is CC1/C(=C/C(N)=Nc2cc(-c3ccnc(N4CCn5c(cc6c5CC(C)(C)C6)C4=O)c3CO)cn(C)c2=O)NCCN1C. The van der Waals surface area contributed by atoms with E-state index in [9.17, 15) is 14.7 Å². The second-order valence-corrected chi connectivity index (χ2v) is 12.7. The molecule has 1 saturated heterocycles. The Bertz CT molecular complexity index is 1730. The minimum absolute atomic E-state index is 0.124. The van der Waals surface area contributed by atoms with E-state index in [-0.39, 0.29) is 41.1 Å². The van der Waals surface area contributed by atoms with Gasteiger partial charge in [0.25, 0.3) is 11.5 Å². The van der Waals surface area contributed by atoms with Crippen LogP contribution in [0.4, 0.5) is 11.5 Å². The maximum absolute atomic E-state index is 13.8. The molecule has 1 amide bonds. The number of aliphatic hydroxyl groups excluding tert-OH is 1. The van der Waals surface area contributed by atoms with E-state index in [1.54, 1.807) is 42.6 Å². The fraction of sp³-hybridized carbons (Fsp3) is 0.438. The van der Waals surface area contributed by atoms with E-state index in [2.05, 4.69) is 52.6 Å². The van der Waals surface area contributed by atoms with Gasteiger partial charge >= 0.3 is 0 Å². The monoisotopic (exact) mass is 584 g/mol. The van der Waals surface area contributed by atoms with Gasteiger partial charge in [-0.05, 0) is 61.6 Å². The molecule has 1 fully saturated rings. The molecule has 0 spiro atoms. The first-order valence-electron chi connectivity index (χ1n) is 14.8. The number of carbonyl (C=O) groups is 1. The van der Waals surface area contributed by atoms with Crippen LogP contribution in [-0.2, 0) is 33.0 Å². The van der Waals surface area contributed by atoms with Crippen LogP contribution < -0.4 is 21.5 Å². The molecule has 0 bridgehead atoms. The van der Waals surface area contributed by atoms with Crippen LogP contribution in [0, 0.1) is 5.41 Å². The number of aliphatic imine (C=N–C) groups is 1. The Morgan fingerprint density at radius 1 is 1.21 bits per heavy atom. The molecule has 1 aliphatic carbocycles. The molecular weight excluding hydrogens is 544 g/mol. The Hall–Kier alpha value is -4.22. The van der Waals surface area contributed by atoms with Crippen molar-refractivity contribution >= 4 is 23.2 Å². The second-order valence-electron chi connectivity index (χ2n) is 12.7. The summed E-state index contributed by atoms with van der Waals surface area (Å²) in [5.41, 5.74) is 12.3. The number of nitrogens with two attached hydrogens (primary N) is 1. The number of aryl methyl sites for hydroxylation is 1. The number of hydrogen-bond acceptors (Lipinski definition) is 7. The molecule has 43 heavy (non-hydrogen) atoms. The van der Waals surface area contributed by atoms with Crippen LogP contribution in [0.3, 0.4) is 0 Å². The van der Waals surface area contributed by atoms with Crippen molar-refractivity contribution in [3.63, 3.8) is 0 Å². The molecule has 3 aromatic heterocycles. The first kappa shape index (κ1) is 28.9. The molecule has 3 aromatic rings. The van der Waals surface area contributed by atoms with E-state index in [0.717, 1.165) is 31.6 Å². The summed E-state index contributed by atoms with van der Waals surface area (Å²) in [7, 11) is 3.71. The summed E-state index contributed by atoms with van der Waals surface area (Å²) in [4.78, 5) is 39.7. The number of rotatable bonds is 5. The molecule has 1 unspecified atom stereocenters. The fourth-order valence-corrected chi connectivity index (χ4v) is 6.63. The van der Waals surface area contributed by atoms with Crippen LogP contribution in [0.5, 0.6) is 0 Å². The predicted octanol–water partition coefficient (Wildman–Crippen LogP) is 2.32. The maximum Gasteiger partial charge on any atom is 0.276 e. The summed E-state index contributed by atoms with van der Waals surface area (Å²) in [6.07, 6.45) is 7.01. The molecule has 226 valence electrons. The molecule has 6 rings (SSSR count). The van der Waals surface area contributed by atoms with Crippen LogP contribution in [0.15, 0.2) is 52.2 Å². The standard InChI is InChI=1S/C32H40N8O3/c1-19-24(34-8-9-37(19)4)14-28(33)36-25-12-21(17-38(5)30(25)42)22-6-7-35-29(23(22)18-41)40-11-10-39-26(31(40)43)13-20-15-32(2,3)16-27(20)39/h6-7,12-14,17,19,34,41H,8-11,15-16,18H2,1-5H3,(H2,33,36)/b24-14-. The number of aliphatic hydroxyl groups is 1. The van der Waals surface area contributed by atoms with E-state index in [1.165, 1.54) is 15.8 Å². The molecule has 0 saturated carbocycles. The normalized spacial score (nSPS) is 21.2.